The van der Waals surface area contributed by atoms with E-state index in [1.807, 2.05) is 35.2 Å². The topological polar surface area (TPSA) is 54.2 Å². The highest BCUT2D eigenvalue weighted by molar-refractivity contribution is 5.23. The molecular weight excluding hydrogens is 302 g/mol. The fourth-order valence-corrected chi connectivity index (χ4v) is 2.70. The minimum Gasteiger partial charge on any atom is -0.382 e. The Bertz CT molecular complexity index is 622. The van der Waals surface area contributed by atoms with Gasteiger partial charge in [0.25, 0.3) is 5.92 Å². The highest BCUT2D eigenvalue weighted by Gasteiger charge is 2.33. The SMILES string of the molecule is O[C@@H](c1ccccc1)c1cn(CCN2CCC(F)(F)CC2)nn1. The quantitative estimate of drug-likeness (QED) is 0.916. The van der Waals surface area contributed by atoms with Crippen molar-refractivity contribution in [1.29, 1.82) is 0 Å². The van der Waals surface area contributed by atoms with Gasteiger partial charge in [0.15, 0.2) is 0 Å². The van der Waals surface area contributed by atoms with E-state index in [1.54, 1.807) is 10.9 Å². The van der Waals surface area contributed by atoms with Crippen LogP contribution in [0.3, 0.4) is 0 Å². The first kappa shape index (κ1) is 16.0. The van der Waals surface area contributed by atoms with Gasteiger partial charge in [-0.25, -0.2) is 8.78 Å². The fraction of sp³-hybridized carbons (Fsp3) is 0.500. The molecule has 1 aromatic heterocycles. The molecule has 0 amide bonds. The van der Waals surface area contributed by atoms with E-state index < -0.39 is 12.0 Å². The monoisotopic (exact) mass is 322 g/mol. The zero-order valence-electron chi connectivity index (χ0n) is 12.8. The Morgan fingerprint density at radius 2 is 1.83 bits per heavy atom. The zero-order valence-corrected chi connectivity index (χ0v) is 12.8. The van der Waals surface area contributed by atoms with Gasteiger partial charge in [-0.3, -0.25) is 4.68 Å². The number of halogens is 2. The van der Waals surface area contributed by atoms with E-state index in [0.717, 1.165) is 5.56 Å². The van der Waals surface area contributed by atoms with Crippen LogP contribution < -0.4 is 0 Å². The predicted octanol–water partition coefficient (Wildman–Crippen LogP) is 2.09. The molecule has 1 aliphatic heterocycles. The van der Waals surface area contributed by atoms with Crippen LogP contribution in [0.4, 0.5) is 8.78 Å². The Morgan fingerprint density at radius 1 is 1.13 bits per heavy atom. The van der Waals surface area contributed by atoms with E-state index in [9.17, 15) is 13.9 Å². The van der Waals surface area contributed by atoms with Crippen LogP contribution in [0.2, 0.25) is 0 Å². The Kier molecular flexibility index (Phi) is 4.68. The minimum absolute atomic E-state index is 0.0810. The van der Waals surface area contributed by atoms with Crippen LogP contribution in [0.1, 0.15) is 30.2 Å². The van der Waals surface area contributed by atoms with Gasteiger partial charge < -0.3 is 10.0 Å². The molecule has 5 nitrogen and oxygen atoms in total. The van der Waals surface area contributed by atoms with Crippen molar-refractivity contribution in [3.63, 3.8) is 0 Å². The number of aliphatic hydroxyl groups excluding tert-OH is 1. The molecule has 3 rings (SSSR count). The number of alkyl halides is 2. The summed E-state index contributed by atoms with van der Waals surface area (Å²) in [5, 5.41) is 18.3. The van der Waals surface area contributed by atoms with Crippen molar-refractivity contribution >= 4 is 0 Å². The lowest BCUT2D eigenvalue weighted by Crippen LogP contribution is -2.40. The third-order valence-corrected chi connectivity index (χ3v) is 4.18. The molecule has 2 heterocycles. The summed E-state index contributed by atoms with van der Waals surface area (Å²) in [5.41, 5.74) is 1.25. The second-order valence-electron chi connectivity index (χ2n) is 5.92. The van der Waals surface area contributed by atoms with Gasteiger partial charge in [-0.15, -0.1) is 5.10 Å². The first-order chi connectivity index (χ1) is 11.0. The molecule has 23 heavy (non-hydrogen) atoms. The Hall–Kier alpha value is -1.86. The molecule has 1 N–H and O–H groups in total. The molecule has 0 spiro atoms. The third kappa shape index (κ3) is 4.11. The summed E-state index contributed by atoms with van der Waals surface area (Å²) in [6.45, 7) is 2.03. The number of rotatable bonds is 5. The number of benzene rings is 1. The molecule has 124 valence electrons. The molecule has 0 bridgehead atoms. The molecule has 1 aromatic carbocycles. The normalized spacial score (nSPS) is 19.6. The maximum absolute atomic E-state index is 13.1. The highest BCUT2D eigenvalue weighted by Crippen LogP contribution is 2.27. The van der Waals surface area contributed by atoms with Crippen LogP contribution in [0.25, 0.3) is 0 Å². The molecule has 1 saturated heterocycles. The van der Waals surface area contributed by atoms with Crippen molar-refractivity contribution in [3.8, 4) is 0 Å². The van der Waals surface area contributed by atoms with E-state index in [0.29, 0.717) is 31.9 Å². The van der Waals surface area contributed by atoms with Crippen molar-refractivity contribution in [3.05, 3.63) is 47.8 Å². The van der Waals surface area contributed by atoms with Gasteiger partial charge in [-0.05, 0) is 5.56 Å². The molecule has 1 fully saturated rings. The first-order valence-corrected chi connectivity index (χ1v) is 7.77. The molecule has 0 radical (unpaired) electrons. The van der Waals surface area contributed by atoms with Crippen LogP contribution in [-0.2, 0) is 6.54 Å². The lowest BCUT2D eigenvalue weighted by molar-refractivity contribution is -0.0555. The summed E-state index contributed by atoms with van der Waals surface area (Å²) >= 11 is 0. The number of hydrogen-bond donors (Lipinski definition) is 1. The average molecular weight is 322 g/mol. The smallest absolute Gasteiger partial charge is 0.250 e. The van der Waals surface area contributed by atoms with E-state index >= 15 is 0 Å². The summed E-state index contributed by atoms with van der Waals surface area (Å²) in [4.78, 5) is 2.01. The van der Waals surface area contributed by atoms with Crippen molar-refractivity contribution in [2.24, 2.45) is 0 Å². The van der Waals surface area contributed by atoms with Crippen molar-refractivity contribution < 1.29 is 13.9 Å². The predicted molar refractivity (Wildman–Crippen MR) is 81.1 cm³/mol. The third-order valence-electron chi connectivity index (χ3n) is 4.18. The molecule has 2 aromatic rings. The van der Waals surface area contributed by atoms with Gasteiger partial charge in [-0.2, -0.15) is 0 Å². The summed E-state index contributed by atoms with van der Waals surface area (Å²) in [6, 6.07) is 9.26. The standard InChI is InChI=1S/C16H20F2N4O/c17-16(18)6-8-21(9-7-16)10-11-22-12-14(19-20-22)15(23)13-4-2-1-3-5-13/h1-5,12,15,23H,6-11H2/t15-/m0/s1. The summed E-state index contributed by atoms with van der Waals surface area (Å²) in [5.74, 6) is -2.52. The van der Waals surface area contributed by atoms with E-state index in [1.165, 1.54) is 0 Å². The van der Waals surface area contributed by atoms with E-state index in [-0.39, 0.29) is 12.8 Å². The maximum Gasteiger partial charge on any atom is 0.250 e. The number of likely N-dealkylation sites (tertiary alicyclic amines) is 1. The van der Waals surface area contributed by atoms with Gasteiger partial charge in [-0.1, -0.05) is 35.5 Å². The largest absolute Gasteiger partial charge is 0.382 e. The molecule has 0 aliphatic carbocycles. The molecule has 1 aliphatic rings. The minimum atomic E-state index is -2.52. The van der Waals surface area contributed by atoms with Gasteiger partial charge in [0.05, 0.1) is 12.7 Å². The van der Waals surface area contributed by atoms with Crippen molar-refractivity contribution in [2.45, 2.75) is 31.4 Å². The average Bonchev–Trinajstić information content (AvgIpc) is 3.03. The fourth-order valence-electron chi connectivity index (χ4n) is 2.70. The maximum atomic E-state index is 13.1. The number of hydrogen-bond acceptors (Lipinski definition) is 4. The van der Waals surface area contributed by atoms with Gasteiger partial charge >= 0.3 is 0 Å². The molecule has 0 unspecified atom stereocenters. The van der Waals surface area contributed by atoms with E-state index in [4.69, 9.17) is 0 Å². The number of aliphatic hydroxyl groups is 1. The Morgan fingerprint density at radius 3 is 2.52 bits per heavy atom. The first-order valence-electron chi connectivity index (χ1n) is 7.77. The van der Waals surface area contributed by atoms with Crippen LogP contribution >= 0.6 is 0 Å². The molecular formula is C16H20F2N4O. The molecule has 7 heteroatoms. The van der Waals surface area contributed by atoms with Gasteiger partial charge in [0, 0.05) is 32.5 Å². The van der Waals surface area contributed by atoms with Crippen molar-refractivity contribution in [1.82, 2.24) is 19.9 Å². The summed E-state index contributed by atoms with van der Waals surface area (Å²) < 4.78 is 27.9. The Balaban J connectivity index is 1.54. The summed E-state index contributed by atoms with van der Waals surface area (Å²) in [6.07, 6.45) is 0.736. The van der Waals surface area contributed by atoms with Crippen molar-refractivity contribution in [2.75, 3.05) is 19.6 Å². The number of nitrogens with zero attached hydrogens (tertiary/aromatic N) is 4. The lowest BCUT2D eigenvalue weighted by Gasteiger charge is -2.31. The zero-order chi connectivity index (χ0) is 16.3. The van der Waals surface area contributed by atoms with E-state index in [2.05, 4.69) is 10.3 Å². The molecule has 0 saturated carbocycles. The highest BCUT2D eigenvalue weighted by atomic mass is 19.3. The molecule has 1 atom stereocenters. The number of aromatic nitrogens is 3. The number of piperidine rings is 1. The van der Waals surface area contributed by atoms with Crippen LogP contribution in [-0.4, -0.2) is 50.6 Å². The van der Waals surface area contributed by atoms with Crippen LogP contribution in [0.15, 0.2) is 36.5 Å². The van der Waals surface area contributed by atoms with Crippen LogP contribution in [0, 0.1) is 0 Å². The summed E-state index contributed by atoms with van der Waals surface area (Å²) in [7, 11) is 0. The van der Waals surface area contributed by atoms with Gasteiger partial charge in [0.1, 0.15) is 11.8 Å². The lowest BCUT2D eigenvalue weighted by atomic mass is 10.1. The Labute approximate surface area is 133 Å². The van der Waals surface area contributed by atoms with Crippen LogP contribution in [0.5, 0.6) is 0 Å². The second kappa shape index (κ2) is 6.72. The second-order valence-corrected chi connectivity index (χ2v) is 5.92. The van der Waals surface area contributed by atoms with Gasteiger partial charge in [0.2, 0.25) is 0 Å².